The molecule has 1 heterocycles. The Bertz CT molecular complexity index is 617. The Morgan fingerprint density at radius 2 is 1.84 bits per heavy atom. The average molecular weight is 271 g/mol. The summed E-state index contributed by atoms with van der Waals surface area (Å²) in [7, 11) is 0. The lowest BCUT2D eigenvalue weighted by Crippen LogP contribution is -2.08. The van der Waals surface area contributed by atoms with Gasteiger partial charge in [-0.25, -0.2) is 4.68 Å². The minimum Gasteiger partial charge on any atom is -0.258 e. The lowest BCUT2D eigenvalue weighted by molar-refractivity contribution is -0.384. The molecule has 0 radical (unpaired) electrons. The van der Waals surface area contributed by atoms with E-state index in [0.717, 1.165) is 4.68 Å². The van der Waals surface area contributed by atoms with Crippen molar-refractivity contribution in [2.24, 2.45) is 0 Å². The molecule has 0 fully saturated rings. The molecule has 0 saturated carbocycles. The van der Waals surface area contributed by atoms with Crippen molar-refractivity contribution in [1.29, 1.82) is 0 Å². The Morgan fingerprint density at radius 3 is 2.26 bits per heavy atom. The summed E-state index contributed by atoms with van der Waals surface area (Å²) in [4.78, 5) is 9.89. The predicted octanol–water partition coefficient (Wildman–Crippen LogP) is 3.11. The van der Waals surface area contributed by atoms with Crippen molar-refractivity contribution in [1.82, 2.24) is 9.78 Å². The van der Waals surface area contributed by atoms with Gasteiger partial charge in [0, 0.05) is 18.3 Å². The Balaban J connectivity index is 2.40. The van der Waals surface area contributed by atoms with Crippen LogP contribution in [-0.4, -0.2) is 14.7 Å². The molecular weight excluding hydrogens is 263 g/mol. The van der Waals surface area contributed by atoms with Crippen LogP contribution in [-0.2, 0) is 6.18 Å². The molecule has 5 nitrogen and oxygen atoms in total. The van der Waals surface area contributed by atoms with Crippen molar-refractivity contribution in [3.8, 4) is 5.69 Å². The molecule has 0 saturated heterocycles. The Morgan fingerprint density at radius 1 is 1.26 bits per heavy atom. The van der Waals surface area contributed by atoms with Gasteiger partial charge in [-0.1, -0.05) is 0 Å². The standard InChI is InChI=1S/C11H8F3N3O2/c1-7-6-16(15-10(7)11(12,13)14)8-2-4-9(5-3-8)17(18)19/h2-6H,1H3. The van der Waals surface area contributed by atoms with Gasteiger partial charge in [0.05, 0.1) is 10.6 Å². The maximum Gasteiger partial charge on any atom is 0.435 e. The van der Waals surface area contributed by atoms with E-state index in [4.69, 9.17) is 0 Å². The van der Waals surface area contributed by atoms with Crippen molar-refractivity contribution in [2.75, 3.05) is 0 Å². The molecule has 0 aliphatic heterocycles. The van der Waals surface area contributed by atoms with Crippen LogP contribution in [0.25, 0.3) is 5.69 Å². The normalized spacial score (nSPS) is 11.6. The van der Waals surface area contributed by atoms with Crippen molar-refractivity contribution < 1.29 is 18.1 Å². The number of halogens is 3. The number of benzene rings is 1. The number of nitro groups is 1. The predicted molar refractivity (Wildman–Crippen MR) is 60.0 cm³/mol. The molecule has 0 unspecified atom stereocenters. The minimum atomic E-state index is -4.52. The summed E-state index contributed by atoms with van der Waals surface area (Å²) in [6, 6.07) is 5.09. The van der Waals surface area contributed by atoms with Crippen molar-refractivity contribution in [2.45, 2.75) is 13.1 Å². The van der Waals surface area contributed by atoms with E-state index in [1.165, 1.54) is 37.4 Å². The van der Waals surface area contributed by atoms with Crippen molar-refractivity contribution >= 4 is 5.69 Å². The number of rotatable bonds is 2. The molecule has 2 rings (SSSR count). The first-order chi connectivity index (χ1) is 8.79. The minimum absolute atomic E-state index is 0.00847. The number of non-ortho nitro benzene ring substituents is 1. The van der Waals surface area contributed by atoms with E-state index in [1.807, 2.05) is 0 Å². The first-order valence-electron chi connectivity index (χ1n) is 5.17. The zero-order valence-corrected chi connectivity index (χ0v) is 9.68. The third-order valence-corrected chi connectivity index (χ3v) is 2.49. The van der Waals surface area contributed by atoms with Crippen molar-refractivity contribution in [3.05, 3.63) is 51.8 Å². The smallest absolute Gasteiger partial charge is 0.258 e. The lowest BCUT2D eigenvalue weighted by atomic mass is 10.2. The third-order valence-electron chi connectivity index (χ3n) is 2.49. The van der Waals surface area contributed by atoms with E-state index in [2.05, 4.69) is 5.10 Å². The quantitative estimate of drug-likeness (QED) is 0.622. The topological polar surface area (TPSA) is 61.0 Å². The summed E-state index contributed by atoms with van der Waals surface area (Å²) in [5.74, 6) is 0. The molecule has 0 aliphatic carbocycles. The summed E-state index contributed by atoms with van der Waals surface area (Å²) in [6.45, 7) is 1.30. The molecule has 0 bridgehead atoms. The van der Waals surface area contributed by atoms with Gasteiger partial charge in [0.15, 0.2) is 5.69 Å². The van der Waals surface area contributed by atoms with Crippen LogP contribution in [0.3, 0.4) is 0 Å². The van der Waals surface area contributed by atoms with Gasteiger partial charge >= 0.3 is 6.18 Å². The maximum atomic E-state index is 12.6. The lowest BCUT2D eigenvalue weighted by Gasteiger charge is -2.03. The fraction of sp³-hybridized carbons (Fsp3) is 0.182. The largest absolute Gasteiger partial charge is 0.435 e. The molecule has 0 amide bonds. The summed E-state index contributed by atoms with van der Waals surface area (Å²) in [5, 5.41) is 13.9. The summed E-state index contributed by atoms with van der Waals surface area (Å²) in [6.07, 6.45) is -3.29. The van der Waals surface area contributed by atoms with Crippen LogP contribution in [0, 0.1) is 17.0 Å². The molecule has 0 atom stereocenters. The number of hydrogen-bond acceptors (Lipinski definition) is 3. The Kier molecular flexibility index (Phi) is 3.01. The van der Waals surface area contributed by atoms with Crippen LogP contribution in [0.15, 0.2) is 30.5 Å². The Labute approximate surface area is 105 Å². The molecule has 0 spiro atoms. The molecule has 8 heteroatoms. The molecule has 1 aromatic heterocycles. The monoisotopic (exact) mass is 271 g/mol. The number of aryl methyl sites for hydroxylation is 1. The van der Waals surface area contributed by atoms with E-state index in [-0.39, 0.29) is 11.3 Å². The van der Waals surface area contributed by atoms with E-state index < -0.39 is 16.8 Å². The maximum absolute atomic E-state index is 12.6. The SMILES string of the molecule is Cc1cn(-c2ccc([N+](=O)[O-])cc2)nc1C(F)(F)F. The molecule has 19 heavy (non-hydrogen) atoms. The highest BCUT2D eigenvalue weighted by atomic mass is 19.4. The molecular formula is C11H8F3N3O2. The first-order valence-corrected chi connectivity index (χ1v) is 5.17. The van der Waals surface area contributed by atoms with Gasteiger partial charge in [-0.05, 0) is 24.6 Å². The zero-order valence-electron chi connectivity index (χ0n) is 9.68. The Hall–Kier alpha value is -2.38. The van der Waals surface area contributed by atoms with E-state index in [9.17, 15) is 23.3 Å². The second-order valence-electron chi connectivity index (χ2n) is 3.88. The van der Waals surface area contributed by atoms with Crippen LogP contribution in [0.4, 0.5) is 18.9 Å². The van der Waals surface area contributed by atoms with Gasteiger partial charge in [-0.15, -0.1) is 0 Å². The van der Waals surface area contributed by atoms with Crippen LogP contribution in [0.2, 0.25) is 0 Å². The van der Waals surface area contributed by atoms with Crippen molar-refractivity contribution in [3.63, 3.8) is 0 Å². The molecule has 0 N–H and O–H groups in total. The summed E-state index contributed by atoms with van der Waals surface area (Å²) >= 11 is 0. The van der Waals surface area contributed by atoms with Gasteiger partial charge in [-0.2, -0.15) is 18.3 Å². The van der Waals surface area contributed by atoms with E-state index in [0.29, 0.717) is 5.69 Å². The third kappa shape index (κ3) is 2.56. The molecule has 100 valence electrons. The van der Waals surface area contributed by atoms with Crippen LogP contribution < -0.4 is 0 Å². The number of nitrogens with zero attached hydrogens (tertiary/aromatic N) is 3. The highest BCUT2D eigenvalue weighted by molar-refractivity contribution is 5.41. The number of nitro benzene ring substituents is 1. The second kappa shape index (κ2) is 4.38. The first kappa shape index (κ1) is 13.1. The van der Waals surface area contributed by atoms with Crippen LogP contribution in [0.5, 0.6) is 0 Å². The van der Waals surface area contributed by atoms with Gasteiger partial charge in [0.25, 0.3) is 5.69 Å². The number of alkyl halides is 3. The van der Waals surface area contributed by atoms with E-state index >= 15 is 0 Å². The number of aromatic nitrogens is 2. The molecule has 1 aromatic carbocycles. The van der Waals surface area contributed by atoms with E-state index in [1.54, 1.807) is 0 Å². The highest BCUT2D eigenvalue weighted by Gasteiger charge is 2.36. The van der Waals surface area contributed by atoms with Crippen LogP contribution >= 0.6 is 0 Å². The van der Waals surface area contributed by atoms with Gasteiger partial charge in [0.1, 0.15) is 0 Å². The van der Waals surface area contributed by atoms with Gasteiger partial charge in [-0.3, -0.25) is 10.1 Å². The van der Waals surface area contributed by atoms with Gasteiger partial charge < -0.3 is 0 Å². The summed E-state index contributed by atoms with van der Waals surface area (Å²) < 4.78 is 38.8. The fourth-order valence-electron chi connectivity index (χ4n) is 1.60. The number of hydrogen-bond donors (Lipinski definition) is 0. The zero-order chi connectivity index (χ0) is 14.2. The van der Waals surface area contributed by atoms with Gasteiger partial charge in [0.2, 0.25) is 0 Å². The summed E-state index contributed by atoms with van der Waals surface area (Å²) in [5.41, 5.74) is -0.787. The fourth-order valence-corrected chi connectivity index (χ4v) is 1.60. The van der Waals surface area contributed by atoms with Crippen LogP contribution in [0.1, 0.15) is 11.3 Å². The second-order valence-corrected chi connectivity index (χ2v) is 3.88. The average Bonchev–Trinajstić information content (AvgIpc) is 2.71. The molecule has 0 aliphatic rings. The molecule has 2 aromatic rings. The highest BCUT2D eigenvalue weighted by Crippen LogP contribution is 2.30.